The second kappa shape index (κ2) is 8.91. The van der Waals surface area contributed by atoms with Gasteiger partial charge in [-0.15, -0.1) is 0 Å². The molecule has 0 radical (unpaired) electrons. The molecule has 0 fully saturated rings. The molecule has 18 heavy (non-hydrogen) atoms. The van der Waals surface area contributed by atoms with E-state index in [0.29, 0.717) is 19.8 Å². The fourth-order valence-corrected chi connectivity index (χ4v) is 1.46. The standard InChI is InChI=1S/C13H18ClNO3/c1-2-18-13(16)10-17-8-7-15-9-11-3-5-12(14)6-4-11/h3-6,15H,2,7-10H2,1H3. The maximum atomic E-state index is 10.9. The number of hydrogen-bond acceptors (Lipinski definition) is 4. The Kier molecular flexibility index (Phi) is 7.41. The molecule has 1 aromatic carbocycles. The predicted molar refractivity (Wildman–Crippen MR) is 70.6 cm³/mol. The highest BCUT2D eigenvalue weighted by Gasteiger charge is 2.00. The van der Waals surface area contributed by atoms with E-state index in [1.54, 1.807) is 6.92 Å². The minimum atomic E-state index is -0.324. The zero-order valence-electron chi connectivity index (χ0n) is 10.4. The van der Waals surface area contributed by atoms with Crippen LogP contribution in [0, 0.1) is 0 Å². The second-order valence-electron chi connectivity index (χ2n) is 3.66. The normalized spacial score (nSPS) is 10.3. The lowest BCUT2D eigenvalue weighted by atomic mass is 10.2. The van der Waals surface area contributed by atoms with Gasteiger partial charge in [0.2, 0.25) is 0 Å². The van der Waals surface area contributed by atoms with E-state index in [0.717, 1.165) is 17.1 Å². The smallest absolute Gasteiger partial charge is 0.332 e. The first-order valence-corrected chi connectivity index (χ1v) is 6.28. The number of nitrogens with one attached hydrogen (secondary N) is 1. The van der Waals surface area contributed by atoms with Crippen molar-refractivity contribution >= 4 is 17.6 Å². The Bertz CT molecular complexity index is 354. The van der Waals surface area contributed by atoms with E-state index in [1.807, 2.05) is 24.3 Å². The van der Waals surface area contributed by atoms with Gasteiger partial charge in [0.1, 0.15) is 6.61 Å². The SMILES string of the molecule is CCOC(=O)COCCNCc1ccc(Cl)cc1. The highest BCUT2D eigenvalue weighted by Crippen LogP contribution is 2.08. The molecule has 5 heteroatoms. The molecule has 0 aliphatic heterocycles. The number of halogens is 1. The van der Waals surface area contributed by atoms with E-state index in [1.165, 1.54) is 0 Å². The van der Waals surface area contributed by atoms with Crippen LogP contribution in [0.2, 0.25) is 5.02 Å². The van der Waals surface area contributed by atoms with Gasteiger partial charge in [-0.3, -0.25) is 0 Å². The second-order valence-corrected chi connectivity index (χ2v) is 4.10. The quantitative estimate of drug-likeness (QED) is 0.580. The van der Waals surface area contributed by atoms with Crippen LogP contribution in [0.3, 0.4) is 0 Å². The fourth-order valence-electron chi connectivity index (χ4n) is 1.34. The van der Waals surface area contributed by atoms with Crippen molar-refractivity contribution in [3.63, 3.8) is 0 Å². The van der Waals surface area contributed by atoms with Crippen LogP contribution in [-0.2, 0) is 20.8 Å². The Labute approximate surface area is 112 Å². The minimum absolute atomic E-state index is 0.0104. The van der Waals surface area contributed by atoms with Crippen LogP contribution < -0.4 is 5.32 Å². The van der Waals surface area contributed by atoms with Gasteiger partial charge in [-0.25, -0.2) is 4.79 Å². The first kappa shape index (κ1) is 15.0. The van der Waals surface area contributed by atoms with Crippen LogP contribution in [0.4, 0.5) is 0 Å². The Balaban J connectivity index is 2.02. The Morgan fingerprint density at radius 1 is 1.33 bits per heavy atom. The van der Waals surface area contributed by atoms with E-state index in [-0.39, 0.29) is 12.6 Å². The van der Waals surface area contributed by atoms with E-state index in [4.69, 9.17) is 21.1 Å². The van der Waals surface area contributed by atoms with Gasteiger partial charge in [0.15, 0.2) is 0 Å². The Hall–Kier alpha value is -1.10. The average Bonchev–Trinajstić information content (AvgIpc) is 2.36. The van der Waals surface area contributed by atoms with Crippen LogP contribution in [0.25, 0.3) is 0 Å². The monoisotopic (exact) mass is 271 g/mol. The van der Waals surface area contributed by atoms with Gasteiger partial charge in [0, 0.05) is 18.1 Å². The number of carbonyl (C=O) groups is 1. The van der Waals surface area contributed by atoms with Crippen LogP contribution in [-0.4, -0.2) is 32.3 Å². The molecule has 100 valence electrons. The molecule has 1 N–H and O–H groups in total. The molecule has 4 nitrogen and oxygen atoms in total. The molecular weight excluding hydrogens is 254 g/mol. The van der Waals surface area contributed by atoms with Gasteiger partial charge < -0.3 is 14.8 Å². The largest absolute Gasteiger partial charge is 0.464 e. The highest BCUT2D eigenvalue weighted by molar-refractivity contribution is 6.30. The lowest BCUT2D eigenvalue weighted by Crippen LogP contribution is -2.21. The summed E-state index contributed by atoms with van der Waals surface area (Å²) in [5, 5.41) is 3.94. The molecule has 0 saturated carbocycles. The van der Waals surface area contributed by atoms with Crippen molar-refractivity contribution < 1.29 is 14.3 Å². The molecule has 0 atom stereocenters. The van der Waals surface area contributed by atoms with Crippen molar-refractivity contribution in [1.29, 1.82) is 0 Å². The Morgan fingerprint density at radius 2 is 2.06 bits per heavy atom. The molecule has 0 aliphatic carbocycles. The maximum Gasteiger partial charge on any atom is 0.332 e. The van der Waals surface area contributed by atoms with Crippen molar-refractivity contribution in [2.24, 2.45) is 0 Å². The van der Waals surface area contributed by atoms with Crippen molar-refractivity contribution in [3.8, 4) is 0 Å². The van der Waals surface area contributed by atoms with Gasteiger partial charge in [-0.05, 0) is 24.6 Å². The number of carbonyl (C=O) groups excluding carboxylic acids is 1. The number of benzene rings is 1. The summed E-state index contributed by atoms with van der Waals surface area (Å²) in [6.45, 7) is 4.08. The van der Waals surface area contributed by atoms with Crippen molar-refractivity contribution in [3.05, 3.63) is 34.9 Å². The first-order valence-electron chi connectivity index (χ1n) is 5.91. The molecular formula is C13H18ClNO3. The van der Waals surface area contributed by atoms with E-state index in [2.05, 4.69) is 5.32 Å². The van der Waals surface area contributed by atoms with Gasteiger partial charge >= 0.3 is 5.97 Å². The minimum Gasteiger partial charge on any atom is -0.464 e. The van der Waals surface area contributed by atoms with Gasteiger partial charge in [0.05, 0.1) is 13.2 Å². The number of hydrogen-bond donors (Lipinski definition) is 1. The summed E-state index contributed by atoms with van der Waals surface area (Å²) in [6.07, 6.45) is 0. The molecule has 1 rings (SSSR count). The van der Waals surface area contributed by atoms with Crippen LogP contribution in [0.5, 0.6) is 0 Å². The fraction of sp³-hybridized carbons (Fsp3) is 0.462. The van der Waals surface area contributed by atoms with Gasteiger partial charge in [-0.1, -0.05) is 23.7 Å². The summed E-state index contributed by atoms with van der Waals surface area (Å²) >= 11 is 5.79. The maximum absolute atomic E-state index is 10.9. The topological polar surface area (TPSA) is 47.6 Å². The number of rotatable bonds is 8. The molecule has 0 unspecified atom stereocenters. The lowest BCUT2D eigenvalue weighted by Gasteiger charge is -2.06. The molecule has 0 amide bonds. The zero-order valence-corrected chi connectivity index (χ0v) is 11.2. The van der Waals surface area contributed by atoms with E-state index in [9.17, 15) is 4.79 Å². The third-order valence-electron chi connectivity index (χ3n) is 2.19. The van der Waals surface area contributed by atoms with Crippen molar-refractivity contribution in [1.82, 2.24) is 5.32 Å². The molecule has 0 heterocycles. The zero-order chi connectivity index (χ0) is 13.2. The van der Waals surface area contributed by atoms with Gasteiger partial charge in [-0.2, -0.15) is 0 Å². The third kappa shape index (κ3) is 6.59. The summed E-state index contributed by atoms with van der Waals surface area (Å²) in [5.41, 5.74) is 1.16. The predicted octanol–water partition coefficient (Wildman–Crippen LogP) is 2.01. The molecule has 0 saturated heterocycles. The summed E-state index contributed by atoms with van der Waals surface area (Å²) in [4.78, 5) is 10.9. The van der Waals surface area contributed by atoms with Crippen LogP contribution >= 0.6 is 11.6 Å². The lowest BCUT2D eigenvalue weighted by molar-refractivity contribution is -0.148. The number of ether oxygens (including phenoxy) is 2. The summed E-state index contributed by atoms with van der Waals surface area (Å²) in [6, 6.07) is 7.65. The Morgan fingerprint density at radius 3 is 2.72 bits per heavy atom. The average molecular weight is 272 g/mol. The van der Waals surface area contributed by atoms with E-state index < -0.39 is 0 Å². The molecule has 0 bridgehead atoms. The van der Waals surface area contributed by atoms with Crippen molar-refractivity contribution in [2.75, 3.05) is 26.4 Å². The van der Waals surface area contributed by atoms with Crippen molar-refractivity contribution in [2.45, 2.75) is 13.5 Å². The third-order valence-corrected chi connectivity index (χ3v) is 2.44. The van der Waals surface area contributed by atoms with Gasteiger partial charge in [0.25, 0.3) is 0 Å². The molecule has 0 aliphatic rings. The van der Waals surface area contributed by atoms with Crippen LogP contribution in [0.1, 0.15) is 12.5 Å². The summed E-state index contributed by atoms with van der Waals surface area (Å²) in [7, 11) is 0. The molecule has 0 spiro atoms. The highest BCUT2D eigenvalue weighted by atomic mass is 35.5. The molecule has 0 aromatic heterocycles. The molecule has 1 aromatic rings. The summed E-state index contributed by atoms with van der Waals surface area (Å²) in [5.74, 6) is -0.324. The van der Waals surface area contributed by atoms with E-state index >= 15 is 0 Å². The summed E-state index contributed by atoms with van der Waals surface area (Å²) < 4.78 is 9.88. The first-order chi connectivity index (χ1) is 8.72. The van der Waals surface area contributed by atoms with Crippen LogP contribution in [0.15, 0.2) is 24.3 Å². The number of esters is 1.